The van der Waals surface area contributed by atoms with Crippen LogP contribution in [-0.2, 0) is 11.2 Å². The Morgan fingerprint density at radius 3 is 2.52 bits per heavy atom. The zero-order chi connectivity index (χ0) is 15.5. The van der Waals surface area contributed by atoms with Gasteiger partial charge in [0.1, 0.15) is 5.75 Å². The van der Waals surface area contributed by atoms with Crippen LogP contribution in [0.25, 0.3) is 0 Å². The number of halogens is 3. The monoisotopic (exact) mass is 302 g/mol. The third-order valence-corrected chi connectivity index (χ3v) is 3.48. The van der Waals surface area contributed by atoms with E-state index >= 15 is 0 Å². The molecule has 1 aliphatic heterocycles. The Morgan fingerprint density at radius 2 is 2.00 bits per heavy atom. The Labute approximate surface area is 120 Å². The molecular formula is C14H17F3N2O2. The Hall–Kier alpha value is -1.76. The summed E-state index contributed by atoms with van der Waals surface area (Å²) in [7, 11) is 0. The van der Waals surface area contributed by atoms with E-state index in [1.54, 1.807) is 4.90 Å². The number of hydrogen-bond acceptors (Lipinski definition) is 3. The van der Waals surface area contributed by atoms with Gasteiger partial charge in [-0.25, -0.2) is 0 Å². The lowest BCUT2D eigenvalue weighted by Gasteiger charge is -2.16. The summed E-state index contributed by atoms with van der Waals surface area (Å²) in [6.45, 7) is 1.91. The first-order valence-electron chi connectivity index (χ1n) is 6.70. The van der Waals surface area contributed by atoms with Crippen LogP contribution < -0.4 is 10.5 Å². The Bertz CT molecular complexity index is 488. The van der Waals surface area contributed by atoms with Gasteiger partial charge in [-0.3, -0.25) is 4.79 Å². The molecule has 1 atom stereocenters. The normalized spacial score (nSPS) is 18.9. The van der Waals surface area contributed by atoms with E-state index in [2.05, 4.69) is 4.74 Å². The number of benzene rings is 1. The van der Waals surface area contributed by atoms with Crippen LogP contribution >= 0.6 is 0 Å². The highest BCUT2D eigenvalue weighted by Gasteiger charge is 2.31. The highest BCUT2D eigenvalue weighted by atomic mass is 19.4. The zero-order valence-electron chi connectivity index (χ0n) is 11.4. The van der Waals surface area contributed by atoms with Gasteiger partial charge in [-0.15, -0.1) is 13.2 Å². The second-order valence-corrected chi connectivity index (χ2v) is 5.10. The summed E-state index contributed by atoms with van der Waals surface area (Å²) < 4.78 is 39.9. The summed E-state index contributed by atoms with van der Waals surface area (Å²) in [5.74, 6) is 0.0232. The van der Waals surface area contributed by atoms with E-state index in [0.717, 1.165) is 6.42 Å². The molecule has 1 aliphatic rings. The van der Waals surface area contributed by atoms with Gasteiger partial charge in [0.15, 0.2) is 0 Å². The van der Waals surface area contributed by atoms with Gasteiger partial charge in [0.25, 0.3) is 0 Å². The highest BCUT2D eigenvalue weighted by molar-refractivity contribution is 5.79. The molecule has 116 valence electrons. The largest absolute Gasteiger partial charge is 0.573 e. The molecule has 0 spiro atoms. The molecule has 0 radical (unpaired) electrons. The van der Waals surface area contributed by atoms with Gasteiger partial charge in [0.2, 0.25) is 5.91 Å². The second kappa shape index (κ2) is 6.34. The van der Waals surface area contributed by atoms with Gasteiger partial charge < -0.3 is 15.4 Å². The maximum absolute atomic E-state index is 12.1. The van der Waals surface area contributed by atoms with Crippen molar-refractivity contribution in [3.8, 4) is 5.75 Å². The fraction of sp³-hybridized carbons (Fsp3) is 0.500. The number of nitrogens with two attached hydrogens (primary N) is 1. The van der Waals surface area contributed by atoms with Gasteiger partial charge in [0.05, 0.1) is 6.42 Å². The summed E-state index contributed by atoms with van der Waals surface area (Å²) in [6, 6.07) is 5.36. The molecule has 1 unspecified atom stereocenters. The van der Waals surface area contributed by atoms with E-state index in [0.29, 0.717) is 31.1 Å². The molecule has 0 saturated carbocycles. The van der Waals surface area contributed by atoms with Crippen LogP contribution in [0.4, 0.5) is 13.2 Å². The molecule has 2 N–H and O–H groups in total. The number of hydrogen-bond donors (Lipinski definition) is 1. The molecule has 0 bridgehead atoms. The summed E-state index contributed by atoms with van der Waals surface area (Å²) in [5, 5.41) is 0. The van der Waals surface area contributed by atoms with Gasteiger partial charge >= 0.3 is 6.36 Å². The number of rotatable bonds is 4. The first-order valence-corrected chi connectivity index (χ1v) is 6.70. The lowest BCUT2D eigenvalue weighted by Crippen LogP contribution is -2.31. The van der Waals surface area contributed by atoms with Crippen molar-refractivity contribution in [1.29, 1.82) is 0 Å². The molecule has 1 aromatic rings. The first-order chi connectivity index (χ1) is 9.87. The molecule has 0 aromatic heterocycles. The van der Waals surface area contributed by atoms with Gasteiger partial charge in [-0.1, -0.05) is 12.1 Å². The van der Waals surface area contributed by atoms with Crippen LogP contribution in [0.3, 0.4) is 0 Å². The smallest absolute Gasteiger partial charge is 0.406 e. The molecular weight excluding hydrogens is 285 g/mol. The zero-order valence-corrected chi connectivity index (χ0v) is 11.4. The standard InChI is InChI=1S/C14H17F3N2O2/c15-14(16,17)21-12-3-1-10(2-4-12)7-13(20)19-6-5-11(8-18)9-19/h1-4,11H,5-9,18H2. The molecule has 1 amide bonds. The summed E-state index contributed by atoms with van der Waals surface area (Å²) in [4.78, 5) is 13.8. The van der Waals surface area contributed by atoms with Crippen LogP contribution in [0.1, 0.15) is 12.0 Å². The molecule has 1 saturated heterocycles. The predicted molar refractivity (Wildman–Crippen MR) is 70.6 cm³/mol. The number of carbonyl (C=O) groups excluding carboxylic acids is 1. The number of likely N-dealkylation sites (tertiary alicyclic amines) is 1. The van der Waals surface area contributed by atoms with E-state index in [4.69, 9.17) is 5.73 Å². The minimum absolute atomic E-state index is 0.0320. The molecule has 2 rings (SSSR count). The topological polar surface area (TPSA) is 55.6 Å². The van der Waals surface area contributed by atoms with E-state index in [9.17, 15) is 18.0 Å². The van der Waals surface area contributed by atoms with Crippen molar-refractivity contribution in [3.63, 3.8) is 0 Å². The fourth-order valence-electron chi connectivity index (χ4n) is 2.35. The number of amides is 1. The maximum Gasteiger partial charge on any atom is 0.573 e. The summed E-state index contributed by atoms with van der Waals surface area (Å²) in [6.07, 6.45) is -3.63. The number of alkyl halides is 3. The first kappa shape index (κ1) is 15.6. The molecule has 1 heterocycles. The Kier molecular flexibility index (Phi) is 4.72. The van der Waals surface area contributed by atoms with Crippen molar-refractivity contribution in [2.24, 2.45) is 11.7 Å². The lowest BCUT2D eigenvalue weighted by atomic mass is 10.1. The lowest BCUT2D eigenvalue weighted by molar-refractivity contribution is -0.274. The van der Waals surface area contributed by atoms with E-state index in [-0.39, 0.29) is 18.1 Å². The number of carbonyl (C=O) groups is 1. The summed E-state index contributed by atoms with van der Waals surface area (Å²) in [5.41, 5.74) is 6.23. The van der Waals surface area contributed by atoms with Crippen molar-refractivity contribution in [1.82, 2.24) is 4.90 Å². The Balaban J connectivity index is 1.90. The Morgan fingerprint density at radius 1 is 1.33 bits per heavy atom. The van der Waals surface area contributed by atoms with Crippen molar-refractivity contribution in [2.45, 2.75) is 19.2 Å². The van der Waals surface area contributed by atoms with Crippen LogP contribution in [-0.4, -0.2) is 36.8 Å². The fourth-order valence-corrected chi connectivity index (χ4v) is 2.35. The van der Waals surface area contributed by atoms with Crippen molar-refractivity contribution >= 4 is 5.91 Å². The second-order valence-electron chi connectivity index (χ2n) is 5.10. The van der Waals surface area contributed by atoms with Gasteiger partial charge in [-0.05, 0) is 36.6 Å². The van der Waals surface area contributed by atoms with E-state index in [1.807, 2.05) is 0 Å². The minimum Gasteiger partial charge on any atom is -0.406 e. The van der Waals surface area contributed by atoms with Crippen molar-refractivity contribution in [2.75, 3.05) is 19.6 Å². The van der Waals surface area contributed by atoms with Crippen LogP contribution in [0.15, 0.2) is 24.3 Å². The van der Waals surface area contributed by atoms with Crippen LogP contribution in [0, 0.1) is 5.92 Å². The predicted octanol–water partition coefficient (Wildman–Crippen LogP) is 1.93. The average Bonchev–Trinajstić information content (AvgIpc) is 2.88. The van der Waals surface area contributed by atoms with Crippen LogP contribution in [0.2, 0.25) is 0 Å². The minimum atomic E-state index is -4.70. The summed E-state index contributed by atoms with van der Waals surface area (Å²) >= 11 is 0. The number of nitrogens with zero attached hydrogens (tertiary/aromatic N) is 1. The van der Waals surface area contributed by atoms with Gasteiger partial charge in [0, 0.05) is 13.1 Å². The molecule has 21 heavy (non-hydrogen) atoms. The molecule has 1 aromatic carbocycles. The van der Waals surface area contributed by atoms with Gasteiger partial charge in [-0.2, -0.15) is 0 Å². The average molecular weight is 302 g/mol. The third-order valence-electron chi connectivity index (χ3n) is 3.48. The van der Waals surface area contributed by atoms with E-state index in [1.165, 1.54) is 24.3 Å². The molecule has 0 aliphatic carbocycles. The number of ether oxygens (including phenoxy) is 1. The SMILES string of the molecule is NCC1CCN(C(=O)Cc2ccc(OC(F)(F)F)cc2)C1. The molecule has 7 heteroatoms. The quantitative estimate of drug-likeness (QED) is 0.924. The molecule has 4 nitrogen and oxygen atoms in total. The third kappa shape index (κ3) is 4.63. The van der Waals surface area contributed by atoms with Crippen molar-refractivity contribution in [3.05, 3.63) is 29.8 Å². The van der Waals surface area contributed by atoms with Crippen molar-refractivity contribution < 1.29 is 22.7 Å². The maximum atomic E-state index is 12.1. The van der Waals surface area contributed by atoms with E-state index < -0.39 is 6.36 Å². The molecule has 1 fully saturated rings. The highest BCUT2D eigenvalue weighted by Crippen LogP contribution is 2.23. The van der Waals surface area contributed by atoms with Crippen LogP contribution in [0.5, 0.6) is 5.75 Å².